The minimum Gasteiger partial charge on any atom is -0.0619 e. The quantitative estimate of drug-likeness (QED) is 0.267. The van der Waals surface area contributed by atoms with Gasteiger partial charge in [-0.25, -0.2) is 0 Å². The maximum atomic E-state index is 3.73. The SMILES string of the molecule is Brc1ccc2c(c1)C13c4ccccc4-c4cccc(c41)-c1cccc-2c13. The smallest absolute Gasteiger partial charge is 0.0619 e. The maximum absolute atomic E-state index is 3.73. The monoisotopic (exact) mass is 392 g/mol. The Hall–Kier alpha value is -2.64. The molecule has 3 aliphatic rings. The summed E-state index contributed by atoms with van der Waals surface area (Å²) in [5.74, 6) is 0. The van der Waals surface area contributed by atoms with Crippen LogP contribution in [0, 0.1) is 0 Å². The van der Waals surface area contributed by atoms with Crippen molar-refractivity contribution >= 4 is 15.9 Å². The molecule has 0 saturated heterocycles. The van der Waals surface area contributed by atoms with E-state index in [1.54, 1.807) is 0 Å². The van der Waals surface area contributed by atoms with E-state index < -0.39 is 0 Å². The molecule has 120 valence electrons. The first-order valence-electron chi connectivity index (χ1n) is 8.99. The van der Waals surface area contributed by atoms with E-state index in [2.05, 4.69) is 94.8 Å². The number of hydrogen-bond donors (Lipinski definition) is 0. The first-order valence-corrected chi connectivity index (χ1v) is 9.79. The largest absolute Gasteiger partial charge is 0.0737 e. The average molecular weight is 393 g/mol. The Bertz CT molecular complexity index is 1260. The Labute approximate surface area is 160 Å². The van der Waals surface area contributed by atoms with Crippen molar-refractivity contribution in [1.82, 2.24) is 0 Å². The Morgan fingerprint density at radius 1 is 0.500 bits per heavy atom. The molecule has 0 aliphatic heterocycles. The summed E-state index contributed by atoms with van der Waals surface area (Å²) in [6.45, 7) is 0. The van der Waals surface area contributed by atoms with Crippen molar-refractivity contribution in [2.75, 3.05) is 0 Å². The van der Waals surface area contributed by atoms with Gasteiger partial charge in [0.1, 0.15) is 0 Å². The van der Waals surface area contributed by atoms with Crippen LogP contribution in [0.4, 0.5) is 0 Å². The fraction of sp³-hybridized carbons (Fsp3) is 0.0400. The first kappa shape index (κ1) is 13.5. The zero-order valence-corrected chi connectivity index (χ0v) is 15.5. The minimum atomic E-state index is -0.145. The lowest BCUT2D eigenvalue weighted by Crippen LogP contribution is -2.23. The van der Waals surface area contributed by atoms with E-state index in [0.29, 0.717) is 0 Å². The third kappa shape index (κ3) is 1.22. The summed E-state index contributed by atoms with van der Waals surface area (Å²) in [4.78, 5) is 0. The van der Waals surface area contributed by atoms with Crippen LogP contribution in [0.5, 0.6) is 0 Å². The van der Waals surface area contributed by atoms with Crippen LogP contribution in [0.25, 0.3) is 33.4 Å². The van der Waals surface area contributed by atoms with E-state index in [1.807, 2.05) is 0 Å². The number of hydrogen-bond acceptors (Lipinski definition) is 0. The molecule has 0 radical (unpaired) electrons. The second-order valence-corrected chi connectivity index (χ2v) is 8.36. The zero-order chi connectivity index (χ0) is 17.0. The minimum absolute atomic E-state index is 0.145. The molecule has 7 rings (SSSR count). The van der Waals surface area contributed by atoms with Crippen molar-refractivity contribution in [2.45, 2.75) is 5.41 Å². The molecule has 1 heteroatoms. The van der Waals surface area contributed by atoms with E-state index in [1.165, 1.54) is 55.6 Å². The molecule has 0 N–H and O–H groups in total. The van der Waals surface area contributed by atoms with Crippen LogP contribution in [-0.2, 0) is 5.41 Å². The summed E-state index contributed by atoms with van der Waals surface area (Å²) in [5.41, 5.74) is 14.0. The molecule has 0 nitrogen and oxygen atoms in total. The van der Waals surface area contributed by atoms with Crippen molar-refractivity contribution < 1.29 is 0 Å². The zero-order valence-electron chi connectivity index (χ0n) is 13.9. The molecule has 4 aromatic rings. The third-order valence-corrected chi connectivity index (χ3v) is 6.96. The Morgan fingerprint density at radius 3 is 1.73 bits per heavy atom. The summed E-state index contributed by atoms with van der Waals surface area (Å²) in [6.07, 6.45) is 0. The van der Waals surface area contributed by atoms with Crippen LogP contribution in [-0.4, -0.2) is 0 Å². The van der Waals surface area contributed by atoms with Crippen LogP contribution in [0.1, 0.15) is 22.3 Å². The third-order valence-electron chi connectivity index (χ3n) is 6.47. The molecule has 26 heavy (non-hydrogen) atoms. The molecule has 1 atom stereocenters. The van der Waals surface area contributed by atoms with Gasteiger partial charge in [0.05, 0.1) is 5.41 Å². The maximum Gasteiger partial charge on any atom is 0.0737 e. The molecule has 0 amide bonds. The standard InChI is InChI=1S/C25H13Br/c26-14-11-12-16-18-7-4-9-20-19-8-3-6-17-15-5-1-2-10-21(15)25(23(17)19,24(18)20)22(16)13-14/h1-13H. The lowest BCUT2D eigenvalue weighted by molar-refractivity contribution is 0.817. The first-order chi connectivity index (χ1) is 12.8. The van der Waals surface area contributed by atoms with Gasteiger partial charge in [-0.3, -0.25) is 0 Å². The Kier molecular flexibility index (Phi) is 2.18. The van der Waals surface area contributed by atoms with Gasteiger partial charge in [-0.1, -0.05) is 82.7 Å². The molecule has 0 saturated carbocycles. The average Bonchev–Trinajstić information content (AvgIpc) is 3.26. The second kappa shape index (κ2) is 4.19. The van der Waals surface area contributed by atoms with E-state index in [9.17, 15) is 0 Å². The van der Waals surface area contributed by atoms with E-state index in [-0.39, 0.29) is 5.41 Å². The molecule has 3 aliphatic carbocycles. The normalized spacial score (nSPS) is 19.1. The molecule has 0 aromatic heterocycles. The van der Waals surface area contributed by atoms with Crippen LogP contribution in [0.2, 0.25) is 0 Å². The Balaban J connectivity index is 1.82. The van der Waals surface area contributed by atoms with Gasteiger partial charge in [0.2, 0.25) is 0 Å². The van der Waals surface area contributed by atoms with E-state index in [4.69, 9.17) is 0 Å². The highest BCUT2D eigenvalue weighted by molar-refractivity contribution is 9.10. The Morgan fingerprint density at radius 2 is 1.04 bits per heavy atom. The summed E-state index contributed by atoms with van der Waals surface area (Å²) in [7, 11) is 0. The summed E-state index contributed by atoms with van der Waals surface area (Å²) < 4.78 is 1.15. The second-order valence-electron chi connectivity index (χ2n) is 7.44. The summed E-state index contributed by atoms with van der Waals surface area (Å²) >= 11 is 3.73. The molecular weight excluding hydrogens is 380 g/mol. The molecule has 4 aromatic carbocycles. The van der Waals surface area contributed by atoms with Crippen LogP contribution in [0.15, 0.2) is 83.3 Å². The van der Waals surface area contributed by atoms with Gasteiger partial charge in [-0.2, -0.15) is 0 Å². The van der Waals surface area contributed by atoms with E-state index in [0.717, 1.165) is 4.47 Å². The number of benzene rings is 4. The summed E-state index contributed by atoms with van der Waals surface area (Å²) in [5, 5.41) is 0. The summed E-state index contributed by atoms with van der Waals surface area (Å²) in [6, 6.07) is 29.4. The molecule has 0 fully saturated rings. The lowest BCUT2D eigenvalue weighted by Gasteiger charge is -2.27. The predicted octanol–water partition coefficient (Wildman–Crippen LogP) is 6.77. The highest BCUT2D eigenvalue weighted by atomic mass is 79.9. The topological polar surface area (TPSA) is 0 Å². The van der Waals surface area contributed by atoms with Crippen molar-refractivity contribution in [3.8, 4) is 33.4 Å². The lowest BCUT2D eigenvalue weighted by atomic mass is 9.73. The van der Waals surface area contributed by atoms with Gasteiger partial charge in [0, 0.05) is 4.47 Å². The van der Waals surface area contributed by atoms with Crippen LogP contribution >= 0.6 is 15.9 Å². The van der Waals surface area contributed by atoms with Crippen molar-refractivity contribution in [1.29, 1.82) is 0 Å². The van der Waals surface area contributed by atoms with Gasteiger partial charge in [-0.05, 0) is 67.8 Å². The van der Waals surface area contributed by atoms with Gasteiger partial charge in [0.25, 0.3) is 0 Å². The fourth-order valence-corrected chi connectivity index (χ4v) is 6.09. The highest BCUT2D eigenvalue weighted by Crippen LogP contribution is 2.69. The van der Waals surface area contributed by atoms with Crippen LogP contribution in [0.3, 0.4) is 0 Å². The predicted molar refractivity (Wildman–Crippen MR) is 109 cm³/mol. The number of rotatable bonds is 0. The van der Waals surface area contributed by atoms with E-state index >= 15 is 0 Å². The molecule has 0 heterocycles. The van der Waals surface area contributed by atoms with Gasteiger partial charge in [-0.15, -0.1) is 0 Å². The number of halogens is 1. The van der Waals surface area contributed by atoms with Gasteiger partial charge in [0.15, 0.2) is 0 Å². The van der Waals surface area contributed by atoms with Crippen molar-refractivity contribution in [2.24, 2.45) is 0 Å². The highest BCUT2D eigenvalue weighted by Gasteiger charge is 2.57. The number of fused-ring (bicyclic) bond motifs is 5. The molecular formula is C25H13Br. The molecule has 1 spiro atoms. The van der Waals surface area contributed by atoms with Crippen LogP contribution < -0.4 is 0 Å². The van der Waals surface area contributed by atoms with Crippen molar-refractivity contribution in [3.63, 3.8) is 0 Å². The molecule has 1 unspecified atom stereocenters. The van der Waals surface area contributed by atoms with Crippen molar-refractivity contribution in [3.05, 3.63) is 106 Å². The van der Waals surface area contributed by atoms with Gasteiger partial charge < -0.3 is 0 Å². The fourth-order valence-electron chi connectivity index (χ4n) is 5.73. The van der Waals surface area contributed by atoms with Gasteiger partial charge >= 0.3 is 0 Å². The molecule has 0 bridgehead atoms.